The summed E-state index contributed by atoms with van der Waals surface area (Å²) in [5.41, 5.74) is 0.724. The molecular formula is C26H25N5O4. The number of fused-ring (bicyclic) bond motifs is 7. The Kier molecular flexibility index (Phi) is 4.61. The van der Waals surface area contributed by atoms with Gasteiger partial charge in [-0.05, 0) is 35.6 Å². The summed E-state index contributed by atoms with van der Waals surface area (Å²) in [6.07, 6.45) is 2.18. The molecule has 5 heterocycles. The molecule has 9 nitrogen and oxygen atoms in total. The molecule has 178 valence electrons. The van der Waals surface area contributed by atoms with Crippen LogP contribution in [0.4, 0.5) is 10.6 Å². The van der Waals surface area contributed by atoms with E-state index >= 15 is 0 Å². The number of barbiturate groups is 1. The number of benzene rings is 1. The Balaban J connectivity index is 1.65. The van der Waals surface area contributed by atoms with Crippen LogP contribution in [0.5, 0.6) is 0 Å². The lowest BCUT2D eigenvalue weighted by atomic mass is 9.65. The Morgan fingerprint density at radius 2 is 1.86 bits per heavy atom. The van der Waals surface area contributed by atoms with E-state index in [1.165, 1.54) is 4.40 Å². The third-order valence-electron chi connectivity index (χ3n) is 7.33. The minimum absolute atomic E-state index is 0.0109. The highest BCUT2D eigenvalue weighted by atomic mass is 16.2. The van der Waals surface area contributed by atoms with Crippen molar-refractivity contribution in [2.24, 2.45) is 11.3 Å². The number of aromatic nitrogens is 2. The average molecular weight is 472 g/mol. The van der Waals surface area contributed by atoms with E-state index in [4.69, 9.17) is 4.98 Å². The van der Waals surface area contributed by atoms with Gasteiger partial charge in [0.1, 0.15) is 11.5 Å². The van der Waals surface area contributed by atoms with Crippen LogP contribution in [0.15, 0.2) is 53.5 Å². The van der Waals surface area contributed by atoms with Crippen molar-refractivity contribution in [3.63, 3.8) is 0 Å². The van der Waals surface area contributed by atoms with Crippen molar-refractivity contribution in [1.82, 2.24) is 19.6 Å². The van der Waals surface area contributed by atoms with Crippen LogP contribution in [0.3, 0.4) is 0 Å². The first-order valence-electron chi connectivity index (χ1n) is 11.8. The number of anilines is 1. The Morgan fingerprint density at radius 3 is 2.66 bits per heavy atom. The zero-order valence-corrected chi connectivity index (χ0v) is 19.5. The number of imide groups is 2. The lowest BCUT2D eigenvalue weighted by Gasteiger charge is -2.53. The first-order valence-corrected chi connectivity index (χ1v) is 11.8. The van der Waals surface area contributed by atoms with Crippen molar-refractivity contribution in [2.45, 2.75) is 32.7 Å². The maximum atomic E-state index is 14.2. The number of amides is 4. The van der Waals surface area contributed by atoms with Crippen LogP contribution in [0, 0.1) is 11.3 Å². The molecule has 1 spiro atoms. The number of rotatable bonds is 2. The van der Waals surface area contributed by atoms with E-state index in [1.54, 1.807) is 18.3 Å². The van der Waals surface area contributed by atoms with Crippen LogP contribution in [0.2, 0.25) is 0 Å². The fourth-order valence-electron chi connectivity index (χ4n) is 5.84. The second-order valence-electron chi connectivity index (χ2n) is 9.91. The lowest BCUT2D eigenvalue weighted by Crippen LogP contribution is -2.70. The van der Waals surface area contributed by atoms with Gasteiger partial charge >= 0.3 is 6.03 Å². The van der Waals surface area contributed by atoms with E-state index in [2.05, 4.69) is 5.32 Å². The van der Waals surface area contributed by atoms with Crippen molar-refractivity contribution >= 4 is 29.3 Å². The van der Waals surface area contributed by atoms with Gasteiger partial charge < -0.3 is 4.90 Å². The summed E-state index contributed by atoms with van der Waals surface area (Å²) < 4.78 is 1.44. The van der Waals surface area contributed by atoms with Crippen LogP contribution in [0.1, 0.15) is 36.6 Å². The van der Waals surface area contributed by atoms with E-state index in [0.29, 0.717) is 30.0 Å². The predicted molar refractivity (Wildman–Crippen MR) is 128 cm³/mol. The summed E-state index contributed by atoms with van der Waals surface area (Å²) in [5, 5.41) is 2.45. The normalized spacial score (nSPS) is 23.4. The Bertz CT molecular complexity index is 1480. The van der Waals surface area contributed by atoms with Gasteiger partial charge in [0.25, 0.3) is 5.56 Å². The zero-order chi connectivity index (χ0) is 24.5. The average Bonchev–Trinajstić information content (AvgIpc) is 2.85. The zero-order valence-electron chi connectivity index (χ0n) is 19.5. The molecule has 35 heavy (non-hydrogen) atoms. The molecule has 0 unspecified atom stereocenters. The van der Waals surface area contributed by atoms with E-state index < -0.39 is 29.3 Å². The molecule has 0 aliphatic carbocycles. The quantitative estimate of drug-likeness (QED) is 0.574. The molecule has 1 aromatic carbocycles. The topological polar surface area (TPSA) is 104 Å². The fourth-order valence-corrected chi connectivity index (χ4v) is 5.84. The monoisotopic (exact) mass is 471 g/mol. The first kappa shape index (κ1) is 21.5. The number of nitrogens with zero attached hydrogens (tertiary/aromatic N) is 4. The lowest BCUT2D eigenvalue weighted by molar-refractivity contribution is -0.154. The fraction of sp³-hybridized carbons (Fsp3) is 0.346. The minimum Gasteiger partial charge on any atom is -0.347 e. The number of carbonyl (C=O) groups is 3. The highest BCUT2D eigenvalue weighted by molar-refractivity contribution is 6.20. The first-order chi connectivity index (χ1) is 16.8. The van der Waals surface area contributed by atoms with Gasteiger partial charge in [0.15, 0.2) is 5.41 Å². The van der Waals surface area contributed by atoms with Gasteiger partial charge in [-0.2, -0.15) is 0 Å². The molecule has 1 N–H and O–H groups in total. The second-order valence-corrected chi connectivity index (χ2v) is 9.91. The number of urea groups is 1. The maximum absolute atomic E-state index is 14.2. The third kappa shape index (κ3) is 2.90. The Hall–Kier alpha value is -4.01. The van der Waals surface area contributed by atoms with Crippen LogP contribution in [-0.2, 0) is 22.4 Å². The minimum atomic E-state index is -1.67. The second kappa shape index (κ2) is 7.49. The van der Waals surface area contributed by atoms with Crippen molar-refractivity contribution in [3.05, 3.63) is 75.7 Å². The number of pyridine rings is 1. The number of hydrogen-bond donors (Lipinski definition) is 1. The van der Waals surface area contributed by atoms with Gasteiger partial charge in [-0.15, -0.1) is 0 Å². The molecule has 6 rings (SSSR count). The van der Waals surface area contributed by atoms with Gasteiger partial charge in [0.2, 0.25) is 11.8 Å². The Morgan fingerprint density at radius 1 is 1.09 bits per heavy atom. The van der Waals surface area contributed by atoms with Crippen molar-refractivity contribution in [3.8, 4) is 0 Å². The van der Waals surface area contributed by atoms with E-state index in [0.717, 1.165) is 16.0 Å². The standard InChI is InChI=1S/C26H25N5O4/c1-15(2)14-31-24(34)26(23(33)28-25(31)35)13-18-21(27-19-9-5-6-11-29(19)22(18)32)30-12-10-16-7-3-4-8-17(16)20(26)30/h3-9,11,15,20H,10,12-14H2,1-2H3,(H,28,33,35)/t20-,26-/m1/s1. The third-order valence-corrected chi connectivity index (χ3v) is 7.33. The van der Waals surface area contributed by atoms with Gasteiger partial charge in [0.05, 0.1) is 11.6 Å². The van der Waals surface area contributed by atoms with E-state index in [1.807, 2.05) is 49.1 Å². The highest BCUT2D eigenvalue weighted by Crippen LogP contribution is 2.52. The summed E-state index contributed by atoms with van der Waals surface area (Å²) in [7, 11) is 0. The summed E-state index contributed by atoms with van der Waals surface area (Å²) in [6.45, 7) is 4.48. The van der Waals surface area contributed by atoms with Crippen LogP contribution >= 0.6 is 0 Å². The number of carbonyl (C=O) groups excluding carboxylic acids is 3. The highest BCUT2D eigenvalue weighted by Gasteiger charge is 2.64. The van der Waals surface area contributed by atoms with Gasteiger partial charge in [-0.3, -0.25) is 29.0 Å². The van der Waals surface area contributed by atoms with Gasteiger partial charge in [0, 0.05) is 25.7 Å². The van der Waals surface area contributed by atoms with Crippen molar-refractivity contribution < 1.29 is 14.4 Å². The molecule has 0 bridgehead atoms. The largest absolute Gasteiger partial charge is 0.347 e. The molecule has 9 heteroatoms. The summed E-state index contributed by atoms with van der Waals surface area (Å²) in [5.74, 6) is -0.715. The molecule has 0 saturated carbocycles. The molecular weight excluding hydrogens is 446 g/mol. The summed E-state index contributed by atoms with van der Waals surface area (Å²) in [6, 6.07) is 11.7. The molecule has 3 aliphatic heterocycles. The maximum Gasteiger partial charge on any atom is 0.330 e. The van der Waals surface area contributed by atoms with E-state index in [9.17, 15) is 19.2 Å². The Labute approximate surface area is 201 Å². The smallest absolute Gasteiger partial charge is 0.330 e. The van der Waals surface area contributed by atoms with Crippen LogP contribution in [0.25, 0.3) is 5.65 Å². The summed E-state index contributed by atoms with van der Waals surface area (Å²) in [4.78, 5) is 62.2. The van der Waals surface area contributed by atoms with Crippen LogP contribution in [-0.4, -0.2) is 45.2 Å². The summed E-state index contributed by atoms with van der Waals surface area (Å²) >= 11 is 0. The van der Waals surface area contributed by atoms with Gasteiger partial charge in [-0.25, -0.2) is 9.78 Å². The van der Waals surface area contributed by atoms with Crippen LogP contribution < -0.4 is 15.8 Å². The molecule has 1 saturated heterocycles. The molecule has 3 aliphatic rings. The van der Waals surface area contributed by atoms with Crippen molar-refractivity contribution in [1.29, 1.82) is 0 Å². The molecule has 3 aromatic rings. The number of hydrogen-bond acceptors (Lipinski definition) is 6. The SMILES string of the molecule is CC(C)CN1C(=O)NC(=O)[C@]2(Cc3c(nc4ccccn4c3=O)N3CCc4ccccc4[C@@H]32)C1=O. The van der Waals surface area contributed by atoms with E-state index in [-0.39, 0.29) is 24.4 Å². The van der Waals surface area contributed by atoms with Crippen molar-refractivity contribution in [2.75, 3.05) is 18.0 Å². The molecule has 1 fully saturated rings. The molecule has 4 amide bonds. The number of nitrogens with one attached hydrogen (secondary N) is 1. The molecule has 2 atom stereocenters. The predicted octanol–water partition coefficient (Wildman–Crippen LogP) is 2.08. The molecule has 2 aromatic heterocycles. The van der Waals surface area contributed by atoms with Gasteiger partial charge in [-0.1, -0.05) is 44.2 Å². The molecule has 0 radical (unpaired) electrons.